The number of aromatic nitrogens is 1. The Morgan fingerprint density at radius 1 is 1.33 bits per heavy atom. The van der Waals surface area contributed by atoms with Crippen LogP contribution in [0.3, 0.4) is 0 Å². The van der Waals surface area contributed by atoms with Crippen molar-refractivity contribution in [3.05, 3.63) is 40.5 Å². The van der Waals surface area contributed by atoms with Gasteiger partial charge in [-0.2, -0.15) is 0 Å². The monoisotopic (exact) mass is 239 g/mol. The van der Waals surface area contributed by atoms with E-state index >= 15 is 0 Å². The number of pyridine rings is 1. The molecule has 0 saturated carbocycles. The molecule has 2 aromatic rings. The van der Waals surface area contributed by atoms with Gasteiger partial charge in [0.15, 0.2) is 0 Å². The van der Waals surface area contributed by atoms with Crippen LogP contribution in [0.15, 0.2) is 24.3 Å². The molecule has 0 aliphatic rings. The third kappa shape index (κ3) is 2.09. The van der Waals surface area contributed by atoms with Crippen molar-refractivity contribution in [3.63, 3.8) is 0 Å². The number of para-hydroxylation sites is 1. The molecule has 0 fully saturated rings. The molecule has 0 aliphatic carbocycles. The second-order valence-corrected chi connectivity index (χ2v) is 4.26. The van der Waals surface area contributed by atoms with Crippen LogP contribution in [0, 0.1) is 6.92 Å². The number of rotatable bonds is 2. The average Bonchev–Trinajstić information content (AvgIpc) is 2.21. The summed E-state index contributed by atoms with van der Waals surface area (Å²) >= 11 is 11.8. The van der Waals surface area contributed by atoms with Crippen molar-refractivity contribution in [2.45, 2.75) is 13.3 Å². The minimum absolute atomic E-state index is 0.567. The Hall–Kier alpha value is -0.790. The highest BCUT2D eigenvalue weighted by Gasteiger charge is 2.05. The number of hydrogen-bond donors (Lipinski definition) is 0. The summed E-state index contributed by atoms with van der Waals surface area (Å²) in [6, 6.07) is 8.17. The van der Waals surface area contributed by atoms with E-state index in [1.165, 1.54) is 0 Å². The summed E-state index contributed by atoms with van der Waals surface area (Å²) in [4.78, 5) is 4.40. The second-order valence-electron chi connectivity index (χ2n) is 3.52. The molecule has 0 N–H and O–H groups in total. The lowest BCUT2D eigenvalue weighted by Crippen LogP contribution is -1.92. The van der Waals surface area contributed by atoms with Gasteiger partial charge in [-0.3, -0.25) is 0 Å². The molecule has 1 nitrogen and oxygen atoms in total. The van der Waals surface area contributed by atoms with Crippen LogP contribution in [0.1, 0.15) is 11.1 Å². The van der Waals surface area contributed by atoms with Crippen molar-refractivity contribution in [2.24, 2.45) is 0 Å². The van der Waals surface area contributed by atoms with Gasteiger partial charge >= 0.3 is 0 Å². The van der Waals surface area contributed by atoms with Crippen LogP contribution in [0.5, 0.6) is 0 Å². The summed E-state index contributed by atoms with van der Waals surface area (Å²) < 4.78 is 0. The Bertz CT molecular complexity index is 494. The van der Waals surface area contributed by atoms with Gasteiger partial charge in [-0.15, -0.1) is 11.6 Å². The SMILES string of the molecule is Cc1cccc2cc(CCCl)c(Cl)nc12. The van der Waals surface area contributed by atoms with E-state index in [9.17, 15) is 0 Å². The van der Waals surface area contributed by atoms with Crippen molar-refractivity contribution >= 4 is 34.1 Å². The lowest BCUT2D eigenvalue weighted by Gasteiger charge is -2.06. The number of nitrogens with zero attached hydrogens (tertiary/aromatic N) is 1. The first-order valence-corrected chi connectivity index (χ1v) is 5.74. The van der Waals surface area contributed by atoms with Crippen LogP contribution in [-0.2, 0) is 6.42 Å². The van der Waals surface area contributed by atoms with Crippen molar-refractivity contribution in [1.82, 2.24) is 4.98 Å². The van der Waals surface area contributed by atoms with Crippen LogP contribution in [0.4, 0.5) is 0 Å². The summed E-state index contributed by atoms with van der Waals surface area (Å²) in [6.07, 6.45) is 0.761. The number of halogens is 2. The van der Waals surface area contributed by atoms with Gasteiger partial charge in [0.05, 0.1) is 5.52 Å². The van der Waals surface area contributed by atoms with Crippen molar-refractivity contribution in [2.75, 3.05) is 5.88 Å². The molecule has 3 heteroatoms. The second kappa shape index (κ2) is 4.38. The molecule has 0 unspecified atom stereocenters. The molecular formula is C12H11Cl2N. The van der Waals surface area contributed by atoms with Crippen molar-refractivity contribution in [3.8, 4) is 0 Å². The standard InChI is InChI=1S/C12H11Cl2N/c1-8-3-2-4-9-7-10(5-6-13)12(14)15-11(8)9/h2-4,7H,5-6H2,1H3. The highest BCUT2D eigenvalue weighted by atomic mass is 35.5. The maximum Gasteiger partial charge on any atom is 0.133 e. The third-order valence-corrected chi connectivity index (χ3v) is 2.95. The fourth-order valence-corrected chi connectivity index (χ4v) is 2.08. The topological polar surface area (TPSA) is 12.9 Å². The normalized spacial score (nSPS) is 10.9. The molecule has 0 spiro atoms. The molecular weight excluding hydrogens is 229 g/mol. The van der Waals surface area contributed by atoms with Gasteiger partial charge in [-0.1, -0.05) is 29.8 Å². The lowest BCUT2D eigenvalue weighted by atomic mass is 10.1. The van der Waals surface area contributed by atoms with Crippen LogP contribution in [0.2, 0.25) is 5.15 Å². The maximum atomic E-state index is 6.08. The van der Waals surface area contributed by atoms with Gasteiger partial charge in [-0.05, 0) is 30.5 Å². The summed E-state index contributed by atoms with van der Waals surface area (Å²) in [5.74, 6) is 0.568. The van der Waals surface area contributed by atoms with E-state index in [1.807, 2.05) is 25.1 Å². The number of fused-ring (bicyclic) bond motifs is 1. The number of hydrogen-bond acceptors (Lipinski definition) is 1. The van der Waals surface area contributed by atoms with Gasteiger partial charge in [0.1, 0.15) is 5.15 Å². The van der Waals surface area contributed by atoms with Gasteiger partial charge < -0.3 is 0 Å². The molecule has 1 heterocycles. The van der Waals surface area contributed by atoms with Crippen molar-refractivity contribution < 1.29 is 0 Å². The quantitative estimate of drug-likeness (QED) is 0.571. The zero-order valence-electron chi connectivity index (χ0n) is 8.43. The molecule has 78 valence electrons. The van der Waals surface area contributed by atoms with Crippen molar-refractivity contribution in [1.29, 1.82) is 0 Å². The Morgan fingerprint density at radius 3 is 2.87 bits per heavy atom. The van der Waals surface area contributed by atoms with Gasteiger partial charge in [-0.25, -0.2) is 4.98 Å². The summed E-state index contributed by atoms with van der Waals surface area (Å²) in [7, 11) is 0. The van der Waals surface area contributed by atoms with E-state index in [2.05, 4.69) is 11.1 Å². The molecule has 1 aromatic carbocycles. The predicted octanol–water partition coefficient (Wildman–Crippen LogP) is 3.98. The number of alkyl halides is 1. The first-order chi connectivity index (χ1) is 7.22. The molecule has 0 aliphatic heterocycles. The third-order valence-electron chi connectivity index (χ3n) is 2.44. The van der Waals surface area contributed by atoms with E-state index in [1.54, 1.807) is 0 Å². The molecule has 0 radical (unpaired) electrons. The molecule has 0 saturated heterocycles. The fraction of sp³-hybridized carbons (Fsp3) is 0.250. The first-order valence-electron chi connectivity index (χ1n) is 4.83. The largest absolute Gasteiger partial charge is 0.236 e. The average molecular weight is 240 g/mol. The van der Waals surface area contributed by atoms with Gasteiger partial charge in [0, 0.05) is 11.3 Å². The lowest BCUT2D eigenvalue weighted by molar-refractivity contribution is 1.13. The summed E-state index contributed by atoms with van der Waals surface area (Å²) in [5.41, 5.74) is 3.14. The Labute approximate surface area is 99.0 Å². The van der Waals surface area contributed by atoms with E-state index in [0.29, 0.717) is 11.0 Å². The summed E-state index contributed by atoms with van der Waals surface area (Å²) in [6.45, 7) is 2.03. The molecule has 15 heavy (non-hydrogen) atoms. The Balaban J connectivity index is 2.65. The highest BCUT2D eigenvalue weighted by Crippen LogP contribution is 2.23. The zero-order chi connectivity index (χ0) is 10.8. The van der Waals surface area contributed by atoms with E-state index in [0.717, 1.165) is 28.5 Å². The fourth-order valence-electron chi connectivity index (χ4n) is 1.65. The smallest absolute Gasteiger partial charge is 0.133 e. The van der Waals surface area contributed by atoms with Crippen LogP contribution in [0.25, 0.3) is 10.9 Å². The van der Waals surface area contributed by atoms with Crippen LogP contribution in [-0.4, -0.2) is 10.9 Å². The zero-order valence-corrected chi connectivity index (χ0v) is 9.94. The molecule has 0 atom stereocenters. The summed E-state index contributed by atoms with van der Waals surface area (Å²) in [5, 5.41) is 1.69. The van der Waals surface area contributed by atoms with Crippen LogP contribution < -0.4 is 0 Å². The minimum atomic E-state index is 0.567. The Morgan fingerprint density at radius 2 is 2.13 bits per heavy atom. The Kier molecular flexibility index (Phi) is 3.13. The van der Waals surface area contributed by atoms with Gasteiger partial charge in [0.25, 0.3) is 0 Å². The molecule has 1 aromatic heterocycles. The molecule has 0 bridgehead atoms. The first kappa shape index (κ1) is 10.7. The molecule has 2 rings (SSSR count). The van der Waals surface area contributed by atoms with Crippen LogP contribution >= 0.6 is 23.2 Å². The van der Waals surface area contributed by atoms with E-state index in [4.69, 9.17) is 23.2 Å². The maximum absolute atomic E-state index is 6.08. The number of benzene rings is 1. The predicted molar refractivity (Wildman–Crippen MR) is 65.9 cm³/mol. The number of aryl methyl sites for hydroxylation is 2. The minimum Gasteiger partial charge on any atom is -0.236 e. The highest BCUT2D eigenvalue weighted by molar-refractivity contribution is 6.30. The van der Waals surface area contributed by atoms with Gasteiger partial charge in [0.2, 0.25) is 0 Å². The molecule has 0 amide bonds. The van der Waals surface area contributed by atoms with E-state index in [-0.39, 0.29) is 0 Å². The van der Waals surface area contributed by atoms with E-state index < -0.39 is 0 Å².